The molecule has 0 aliphatic carbocycles. The smallest absolute Gasteiger partial charge is 0.0705 e. The maximum absolute atomic E-state index is 5.20. The molecule has 0 saturated carbocycles. The Morgan fingerprint density at radius 3 is 1.81 bits per heavy atom. The summed E-state index contributed by atoms with van der Waals surface area (Å²) in [5, 5.41) is 0. The van der Waals surface area contributed by atoms with E-state index in [1.807, 2.05) is 18.5 Å². The van der Waals surface area contributed by atoms with E-state index in [1.54, 1.807) is 0 Å². The van der Waals surface area contributed by atoms with Gasteiger partial charge in [0.15, 0.2) is 0 Å². The number of rotatable bonds is 8. The summed E-state index contributed by atoms with van der Waals surface area (Å²) >= 11 is 0. The number of aromatic nitrogens is 3. The Kier molecular flexibility index (Phi) is 8.14. The van der Waals surface area contributed by atoms with Crippen molar-refractivity contribution in [3.8, 4) is 33.5 Å². The highest BCUT2D eigenvalue weighted by Gasteiger charge is 2.29. The highest BCUT2D eigenvalue weighted by molar-refractivity contribution is 5.71. The Morgan fingerprint density at radius 1 is 0.476 bits per heavy atom. The molecule has 0 spiro atoms. The molecule has 0 saturated heterocycles. The van der Waals surface area contributed by atoms with Crippen LogP contribution in [0.15, 0.2) is 109 Å². The molecule has 214 valence electrons. The van der Waals surface area contributed by atoms with Gasteiger partial charge < -0.3 is 0 Å². The zero-order valence-corrected chi connectivity index (χ0v) is 26.1. The number of benzene rings is 2. The summed E-state index contributed by atoms with van der Waals surface area (Å²) in [6, 6.07) is 34.2. The highest BCUT2D eigenvalue weighted by Crippen LogP contribution is 2.36. The number of hydrogen-bond donors (Lipinski definition) is 0. The molecule has 3 heteroatoms. The van der Waals surface area contributed by atoms with Crippen LogP contribution in [-0.2, 0) is 16.2 Å². The summed E-state index contributed by atoms with van der Waals surface area (Å²) in [6.45, 7) is 15.8. The van der Waals surface area contributed by atoms with Crippen molar-refractivity contribution in [2.45, 2.75) is 77.6 Å². The van der Waals surface area contributed by atoms with Crippen LogP contribution in [0.4, 0.5) is 0 Å². The van der Waals surface area contributed by atoms with Gasteiger partial charge >= 0.3 is 0 Å². The molecule has 42 heavy (non-hydrogen) atoms. The summed E-state index contributed by atoms with van der Waals surface area (Å²) in [6.07, 6.45) is 5.94. The van der Waals surface area contributed by atoms with E-state index in [2.05, 4.69) is 144 Å². The molecule has 0 atom stereocenters. The Bertz CT molecular complexity index is 1640. The second-order valence-electron chi connectivity index (χ2n) is 13.7. The number of hydrogen-bond acceptors (Lipinski definition) is 3. The average molecular weight is 554 g/mol. The van der Waals surface area contributed by atoms with Gasteiger partial charge in [0.2, 0.25) is 0 Å². The molecule has 5 rings (SSSR count). The van der Waals surface area contributed by atoms with E-state index in [-0.39, 0.29) is 16.2 Å². The maximum atomic E-state index is 5.20. The molecule has 0 N–H and O–H groups in total. The number of nitrogens with zero attached hydrogens (tertiary/aromatic N) is 3. The van der Waals surface area contributed by atoms with E-state index in [0.717, 1.165) is 46.7 Å². The van der Waals surface area contributed by atoms with Crippen molar-refractivity contribution in [2.24, 2.45) is 0 Å². The fourth-order valence-electron chi connectivity index (χ4n) is 5.33. The van der Waals surface area contributed by atoms with E-state index in [1.165, 1.54) is 16.7 Å². The minimum absolute atomic E-state index is 0.00529. The van der Waals surface area contributed by atoms with Crippen molar-refractivity contribution in [2.75, 3.05) is 0 Å². The van der Waals surface area contributed by atoms with Crippen LogP contribution in [0.1, 0.15) is 78.4 Å². The molecule has 0 unspecified atom stereocenters. The first-order valence-corrected chi connectivity index (χ1v) is 15.0. The van der Waals surface area contributed by atoms with E-state index < -0.39 is 0 Å². The minimum atomic E-state index is -0.0818. The molecule has 3 heterocycles. The zero-order chi connectivity index (χ0) is 30.0. The normalized spacial score (nSPS) is 12.4. The van der Waals surface area contributed by atoms with Crippen LogP contribution in [0.25, 0.3) is 33.5 Å². The summed E-state index contributed by atoms with van der Waals surface area (Å²) in [4.78, 5) is 14.7. The van der Waals surface area contributed by atoms with E-state index in [0.29, 0.717) is 0 Å². The lowest BCUT2D eigenvalue weighted by molar-refractivity contribution is 0.364. The van der Waals surface area contributed by atoms with Crippen molar-refractivity contribution in [1.29, 1.82) is 0 Å². The Hall–Kier alpha value is -4.11. The summed E-state index contributed by atoms with van der Waals surface area (Å²) in [5.41, 5.74) is 10.1. The van der Waals surface area contributed by atoms with Crippen molar-refractivity contribution < 1.29 is 0 Å². The predicted octanol–water partition coefficient (Wildman–Crippen LogP) is 10.2. The van der Waals surface area contributed by atoms with E-state index in [9.17, 15) is 0 Å². The van der Waals surface area contributed by atoms with Gasteiger partial charge in [-0.15, -0.1) is 0 Å². The van der Waals surface area contributed by atoms with Gasteiger partial charge in [-0.1, -0.05) is 109 Å². The van der Waals surface area contributed by atoms with Gasteiger partial charge in [0.1, 0.15) is 0 Å². The Morgan fingerprint density at radius 2 is 1.12 bits per heavy atom. The second-order valence-corrected chi connectivity index (χ2v) is 13.7. The van der Waals surface area contributed by atoms with Gasteiger partial charge in [0.25, 0.3) is 0 Å². The van der Waals surface area contributed by atoms with Crippen LogP contribution in [0.3, 0.4) is 0 Å². The fraction of sp³-hybridized carbons (Fsp3) is 0.308. The van der Waals surface area contributed by atoms with Crippen molar-refractivity contribution in [3.05, 3.63) is 127 Å². The minimum Gasteiger partial charge on any atom is -0.261 e. The zero-order valence-electron chi connectivity index (χ0n) is 26.1. The van der Waals surface area contributed by atoms with E-state index in [4.69, 9.17) is 9.97 Å². The fourth-order valence-corrected chi connectivity index (χ4v) is 5.33. The Labute approximate surface area is 252 Å². The summed E-state index contributed by atoms with van der Waals surface area (Å²) in [7, 11) is 0. The van der Waals surface area contributed by atoms with Gasteiger partial charge in [-0.3, -0.25) is 15.0 Å². The van der Waals surface area contributed by atoms with Crippen LogP contribution in [0, 0.1) is 0 Å². The summed E-state index contributed by atoms with van der Waals surface area (Å²) < 4.78 is 0. The predicted molar refractivity (Wildman–Crippen MR) is 177 cm³/mol. The first kappa shape index (κ1) is 29.4. The van der Waals surface area contributed by atoms with Crippen molar-refractivity contribution in [1.82, 2.24) is 15.0 Å². The first-order valence-electron chi connectivity index (χ1n) is 15.0. The monoisotopic (exact) mass is 553 g/mol. The van der Waals surface area contributed by atoms with Crippen molar-refractivity contribution >= 4 is 0 Å². The quantitative estimate of drug-likeness (QED) is 0.192. The molecule has 0 bridgehead atoms. The molecule has 0 aliphatic rings. The first-order chi connectivity index (χ1) is 19.9. The third kappa shape index (κ3) is 6.68. The molecule has 0 aliphatic heterocycles. The van der Waals surface area contributed by atoms with Gasteiger partial charge in [0.05, 0.1) is 5.69 Å². The molecule has 3 nitrogen and oxygen atoms in total. The van der Waals surface area contributed by atoms with Gasteiger partial charge in [-0.05, 0) is 65.9 Å². The molecule has 2 aromatic carbocycles. The molecule has 5 aromatic rings. The molecule has 0 radical (unpaired) electrons. The second kappa shape index (κ2) is 11.6. The van der Waals surface area contributed by atoms with Crippen LogP contribution in [0.5, 0.6) is 0 Å². The third-order valence-corrected chi connectivity index (χ3v) is 8.40. The van der Waals surface area contributed by atoms with Crippen LogP contribution >= 0.6 is 0 Å². The maximum Gasteiger partial charge on any atom is 0.0705 e. The SMILES string of the molecule is CC(C)(C)c1cc(-c2cccc(-c3cccc(C(C)(C)CCC(C)(C)c4ccc(-c5ccccc5)cn4)n3)c2)ccn1. The molecule has 0 fully saturated rings. The summed E-state index contributed by atoms with van der Waals surface area (Å²) in [5.74, 6) is 0. The van der Waals surface area contributed by atoms with E-state index >= 15 is 0 Å². The van der Waals surface area contributed by atoms with Crippen LogP contribution in [-0.4, -0.2) is 15.0 Å². The van der Waals surface area contributed by atoms with Crippen LogP contribution in [0.2, 0.25) is 0 Å². The molecule has 3 aromatic heterocycles. The lowest BCUT2D eigenvalue weighted by Gasteiger charge is -2.31. The lowest BCUT2D eigenvalue weighted by atomic mass is 9.75. The van der Waals surface area contributed by atoms with Gasteiger partial charge in [-0.25, -0.2) is 0 Å². The molecular formula is C39H43N3. The molecular weight excluding hydrogens is 510 g/mol. The standard InChI is InChI=1S/C39H43N3/c1-37(2,3)36-26-30(21-24-40-36)29-15-11-16-31(25-29)33-17-12-18-35(42-33)39(6,7)23-22-38(4,5)34-20-19-32(27-41-34)28-13-9-8-10-14-28/h8-21,24-27H,22-23H2,1-7H3. The number of pyridine rings is 3. The topological polar surface area (TPSA) is 38.7 Å². The molecule has 0 amide bonds. The lowest BCUT2D eigenvalue weighted by Crippen LogP contribution is -2.26. The van der Waals surface area contributed by atoms with Gasteiger partial charge in [0, 0.05) is 56.8 Å². The Balaban J connectivity index is 1.33. The van der Waals surface area contributed by atoms with Crippen LogP contribution < -0.4 is 0 Å². The van der Waals surface area contributed by atoms with Gasteiger partial charge in [-0.2, -0.15) is 0 Å². The third-order valence-electron chi connectivity index (χ3n) is 8.40. The van der Waals surface area contributed by atoms with Crippen molar-refractivity contribution in [3.63, 3.8) is 0 Å². The highest BCUT2D eigenvalue weighted by atomic mass is 14.7. The average Bonchev–Trinajstić information content (AvgIpc) is 3.00. The largest absolute Gasteiger partial charge is 0.261 e.